The summed E-state index contributed by atoms with van der Waals surface area (Å²) in [4.78, 5) is 16.4. The highest BCUT2D eigenvalue weighted by Gasteiger charge is 2.06. The molecule has 0 bridgehead atoms. The second kappa shape index (κ2) is 6.13. The molecule has 0 atom stereocenters. The summed E-state index contributed by atoms with van der Waals surface area (Å²) in [5.74, 6) is 0.848. The van der Waals surface area contributed by atoms with Gasteiger partial charge in [-0.1, -0.05) is 13.0 Å². The molecule has 21 heavy (non-hydrogen) atoms. The SMILES string of the molecule is CCCNc1cc(Sc2nc3ccc(C)cc3[nH]2)ncn1. The summed E-state index contributed by atoms with van der Waals surface area (Å²) in [5.41, 5.74) is 3.24. The van der Waals surface area contributed by atoms with Gasteiger partial charge in [-0.2, -0.15) is 0 Å². The third-order valence-electron chi connectivity index (χ3n) is 3.02. The average molecular weight is 299 g/mol. The molecule has 6 heteroatoms. The smallest absolute Gasteiger partial charge is 0.172 e. The van der Waals surface area contributed by atoms with Gasteiger partial charge in [-0.25, -0.2) is 15.0 Å². The van der Waals surface area contributed by atoms with Gasteiger partial charge in [-0.3, -0.25) is 0 Å². The van der Waals surface area contributed by atoms with Crippen LogP contribution in [0.25, 0.3) is 11.0 Å². The van der Waals surface area contributed by atoms with Crippen molar-refractivity contribution in [1.82, 2.24) is 19.9 Å². The van der Waals surface area contributed by atoms with Crippen molar-refractivity contribution in [2.45, 2.75) is 30.5 Å². The predicted molar refractivity (Wildman–Crippen MR) is 85.8 cm³/mol. The van der Waals surface area contributed by atoms with Crippen molar-refractivity contribution in [3.63, 3.8) is 0 Å². The molecule has 0 radical (unpaired) electrons. The highest BCUT2D eigenvalue weighted by Crippen LogP contribution is 2.26. The molecule has 0 saturated heterocycles. The van der Waals surface area contributed by atoms with Gasteiger partial charge in [-0.15, -0.1) is 0 Å². The fourth-order valence-corrected chi connectivity index (χ4v) is 2.77. The Bertz CT molecular complexity index is 753. The van der Waals surface area contributed by atoms with E-state index in [1.54, 1.807) is 6.33 Å². The van der Waals surface area contributed by atoms with Crippen molar-refractivity contribution >= 4 is 28.6 Å². The molecule has 0 saturated carbocycles. The van der Waals surface area contributed by atoms with E-state index < -0.39 is 0 Å². The summed E-state index contributed by atoms with van der Waals surface area (Å²) in [5, 5.41) is 4.98. The molecular weight excluding hydrogens is 282 g/mol. The second-order valence-corrected chi connectivity index (χ2v) is 5.84. The number of fused-ring (bicyclic) bond motifs is 1. The van der Waals surface area contributed by atoms with Gasteiger partial charge in [0.2, 0.25) is 0 Å². The number of hydrogen-bond acceptors (Lipinski definition) is 5. The highest BCUT2D eigenvalue weighted by molar-refractivity contribution is 7.99. The molecule has 0 spiro atoms. The number of hydrogen-bond donors (Lipinski definition) is 2. The van der Waals surface area contributed by atoms with Crippen LogP contribution in [0.4, 0.5) is 5.82 Å². The molecule has 3 rings (SSSR count). The van der Waals surface area contributed by atoms with Crippen LogP contribution in [0.1, 0.15) is 18.9 Å². The predicted octanol–water partition coefficient (Wildman–Crippen LogP) is 3.63. The van der Waals surface area contributed by atoms with Crippen molar-refractivity contribution in [3.8, 4) is 0 Å². The first kappa shape index (κ1) is 13.9. The van der Waals surface area contributed by atoms with E-state index in [1.165, 1.54) is 17.3 Å². The van der Waals surface area contributed by atoms with Crippen LogP contribution in [-0.4, -0.2) is 26.5 Å². The summed E-state index contributed by atoms with van der Waals surface area (Å²) in [6.45, 7) is 5.11. The lowest BCUT2D eigenvalue weighted by Gasteiger charge is -2.04. The van der Waals surface area contributed by atoms with Crippen molar-refractivity contribution in [2.24, 2.45) is 0 Å². The molecule has 0 aliphatic rings. The van der Waals surface area contributed by atoms with E-state index in [0.717, 1.165) is 40.0 Å². The van der Waals surface area contributed by atoms with E-state index in [1.807, 2.05) is 12.1 Å². The number of anilines is 1. The molecule has 2 aromatic heterocycles. The van der Waals surface area contributed by atoms with E-state index in [0.29, 0.717) is 0 Å². The molecule has 5 nitrogen and oxygen atoms in total. The van der Waals surface area contributed by atoms with Gasteiger partial charge < -0.3 is 10.3 Å². The molecule has 3 aromatic rings. The van der Waals surface area contributed by atoms with Gasteiger partial charge in [0.15, 0.2) is 5.16 Å². The van der Waals surface area contributed by atoms with Crippen molar-refractivity contribution in [3.05, 3.63) is 36.2 Å². The topological polar surface area (TPSA) is 66.5 Å². The van der Waals surface area contributed by atoms with Crippen LogP contribution >= 0.6 is 11.8 Å². The van der Waals surface area contributed by atoms with Crippen molar-refractivity contribution in [1.29, 1.82) is 0 Å². The minimum atomic E-state index is 0.843. The van der Waals surface area contributed by atoms with Gasteiger partial charge in [0.1, 0.15) is 17.2 Å². The summed E-state index contributed by atoms with van der Waals surface area (Å²) >= 11 is 1.51. The molecule has 0 fully saturated rings. The minimum Gasteiger partial charge on any atom is -0.370 e. The van der Waals surface area contributed by atoms with E-state index in [4.69, 9.17) is 0 Å². The normalized spacial score (nSPS) is 11.0. The molecule has 108 valence electrons. The molecule has 1 aromatic carbocycles. The lowest BCUT2D eigenvalue weighted by molar-refractivity contribution is 0.951. The van der Waals surface area contributed by atoms with E-state index in [2.05, 4.69) is 51.2 Å². The second-order valence-electron chi connectivity index (χ2n) is 4.83. The third kappa shape index (κ3) is 3.33. The summed E-state index contributed by atoms with van der Waals surface area (Å²) in [6, 6.07) is 8.13. The third-order valence-corrected chi connectivity index (χ3v) is 3.83. The zero-order valence-corrected chi connectivity index (χ0v) is 12.9. The van der Waals surface area contributed by atoms with E-state index >= 15 is 0 Å². The number of H-pyrrole nitrogens is 1. The van der Waals surface area contributed by atoms with Crippen LogP contribution in [0.2, 0.25) is 0 Å². The number of benzene rings is 1. The number of aromatic amines is 1. The Labute approximate surface area is 127 Å². The molecule has 0 unspecified atom stereocenters. The summed E-state index contributed by atoms with van der Waals surface area (Å²) < 4.78 is 0. The molecule has 0 amide bonds. The Kier molecular flexibility index (Phi) is 4.06. The monoisotopic (exact) mass is 299 g/mol. The molecule has 0 aliphatic heterocycles. The van der Waals surface area contributed by atoms with Gasteiger partial charge in [-0.05, 0) is 42.8 Å². The van der Waals surface area contributed by atoms with Crippen LogP contribution in [0, 0.1) is 6.92 Å². The molecule has 0 aliphatic carbocycles. The fraction of sp³-hybridized carbons (Fsp3) is 0.267. The van der Waals surface area contributed by atoms with E-state index in [9.17, 15) is 0 Å². The maximum atomic E-state index is 4.57. The first-order chi connectivity index (χ1) is 10.2. The van der Waals surface area contributed by atoms with Crippen molar-refractivity contribution < 1.29 is 0 Å². The molecular formula is C15H17N5S. The zero-order valence-electron chi connectivity index (χ0n) is 12.1. The first-order valence-electron chi connectivity index (χ1n) is 6.95. The van der Waals surface area contributed by atoms with Crippen LogP contribution in [0.15, 0.2) is 40.8 Å². The Morgan fingerprint density at radius 1 is 1.24 bits per heavy atom. The Balaban J connectivity index is 1.81. The standard InChI is InChI=1S/C15H17N5S/c1-3-6-16-13-8-14(18-9-17-13)21-15-19-11-5-4-10(2)7-12(11)20-15/h4-5,7-9H,3,6H2,1-2H3,(H,19,20)(H,16,17,18). The number of imidazole rings is 1. The molecule has 2 heterocycles. The maximum absolute atomic E-state index is 4.57. The Morgan fingerprint density at radius 2 is 2.14 bits per heavy atom. The van der Waals surface area contributed by atoms with E-state index in [-0.39, 0.29) is 0 Å². The number of nitrogens with one attached hydrogen (secondary N) is 2. The number of rotatable bonds is 5. The van der Waals surface area contributed by atoms with Crippen molar-refractivity contribution in [2.75, 3.05) is 11.9 Å². The fourth-order valence-electron chi connectivity index (χ4n) is 1.99. The van der Waals surface area contributed by atoms with Crippen LogP contribution < -0.4 is 5.32 Å². The maximum Gasteiger partial charge on any atom is 0.172 e. The summed E-state index contributed by atoms with van der Waals surface area (Å²) in [6.07, 6.45) is 2.64. The number of aromatic nitrogens is 4. The average Bonchev–Trinajstić information content (AvgIpc) is 2.86. The largest absolute Gasteiger partial charge is 0.370 e. The minimum absolute atomic E-state index is 0.843. The van der Waals surface area contributed by atoms with Crippen LogP contribution in [0.3, 0.4) is 0 Å². The molecule has 2 N–H and O–H groups in total. The first-order valence-corrected chi connectivity index (χ1v) is 7.76. The summed E-state index contributed by atoms with van der Waals surface area (Å²) in [7, 11) is 0. The van der Waals surface area contributed by atoms with Crippen LogP contribution in [-0.2, 0) is 0 Å². The van der Waals surface area contributed by atoms with Gasteiger partial charge in [0, 0.05) is 12.6 Å². The van der Waals surface area contributed by atoms with Gasteiger partial charge in [0.05, 0.1) is 11.0 Å². The highest BCUT2D eigenvalue weighted by atomic mass is 32.2. The van der Waals surface area contributed by atoms with Gasteiger partial charge >= 0.3 is 0 Å². The number of aryl methyl sites for hydroxylation is 1. The Morgan fingerprint density at radius 3 is 3.00 bits per heavy atom. The number of nitrogens with zero attached hydrogens (tertiary/aromatic N) is 3. The lowest BCUT2D eigenvalue weighted by Crippen LogP contribution is -2.02. The zero-order chi connectivity index (χ0) is 14.7. The van der Waals surface area contributed by atoms with Crippen LogP contribution in [0.5, 0.6) is 0 Å². The van der Waals surface area contributed by atoms with Gasteiger partial charge in [0.25, 0.3) is 0 Å². The Hall–Kier alpha value is -2.08. The quantitative estimate of drug-likeness (QED) is 0.704. The lowest BCUT2D eigenvalue weighted by atomic mass is 10.2.